The molecule has 3 aliphatic rings. The summed E-state index contributed by atoms with van der Waals surface area (Å²) >= 11 is 0. The van der Waals surface area contributed by atoms with Gasteiger partial charge >= 0.3 is 11.9 Å². The van der Waals surface area contributed by atoms with Crippen molar-refractivity contribution in [2.75, 3.05) is 0 Å². The van der Waals surface area contributed by atoms with Crippen LogP contribution in [0.15, 0.2) is 24.3 Å². The molecule has 0 N–H and O–H groups in total. The van der Waals surface area contributed by atoms with Gasteiger partial charge in [0.1, 0.15) is 12.2 Å². The fourth-order valence-electron chi connectivity index (χ4n) is 4.52. The molecule has 2 saturated carbocycles. The first kappa shape index (κ1) is 14.4. The lowest BCUT2D eigenvalue weighted by atomic mass is 9.54. The van der Waals surface area contributed by atoms with E-state index in [1.165, 1.54) is 6.92 Å². The molecule has 1 aliphatic heterocycles. The van der Waals surface area contributed by atoms with E-state index in [0.717, 1.165) is 31.3 Å². The molecular weight excluding hydrogens is 268 g/mol. The van der Waals surface area contributed by atoms with Gasteiger partial charge in [0.2, 0.25) is 0 Å². The van der Waals surface area contributed by atoms with Gasteiger partial charge in [-0.25, -0.2) is 4.79 Å². The highest BCUT2D eigenvalue weighted by atomic mass is 16.6. The highest BCUT2D eigenvalue weighted by Gasteiger charge is 2.59. The highest BCUT2D eigenvalue weighted by molar-refractivity contribution is 5.91. The normalized spacial score (nSPS) is 42.1. The quantitative estimate of drug-likeness (QED) is 0.423. The first-order valence-corrected chi connectivity index (χ1v) is 7.59. The summed E-state index contributed by atoms with van der Waals surface area (Å²) in [5, 5.41) is 0. The second-order valence-corrected chi connectivity index (χ2v) is 6.82. The Morgan fingerprint density at radius 2 is 2.10 bits per heavy atom. The van der Waals surface area contributed by atoms with E-state index in [4.69, 9.17) is 9.47 Å². The summed E-state index contributed by atoms with van der Waals surface area (Å²) in [5.41, 5.74) is 1.50. The van der Waals surface area contributed by atoms with Crippen LogP contribution in [0.4, 0.5) is 0 Å². The Morgan fingerprint density at radius 1 is 1.38 bits per heavy atom. The zero-order valence-electron chi connectivity index (χ0n) is 12.7. The lowest BCUT2D eigenvalue weighted by Gasteiger charge is -2.53. The fraction of sp³-hybridized carbons (Fsp3) is 0.647. The molecule has 0 radical (unpaired) electrons. The maximum absolute atomic E-state index is 11.8. The van der Waals surface area contributed by atoms with E-state index in [2.05, 4.69) is 20.1 Å². The predicted molar refractivity (Wildman–Crippen MR) is 77.3 cm³/mol. The molecule has 1 saturated heterocycles. The summed E-state index contributed by atoms with van der Waals surface area (Å²) in [6.45, 7) is 11.7. The van der Waals surface area contributed by atoms with Crippen molar-refractivity contribution in [3.63, 3.8) is 0 Å². The first-order chi connectivity index (χ1) is 9.84. The van der Waals surface area contributed by atoms with E-state index >= 15 is 0 Å². The lowest BCUT2D eigenvalue weighted by molar-refractivity contribution is -0.171. The maximum atomic E-state index is 11.8. The van der Waals surface area contributed by atoms with Crippen molar-refractivity contribution in [2.45, 2.75) is 51.7 Å². The summed E-state index contributed by atoms with van der Waals surface area (Å²) < 4.78 is 11.2. The van der Waals surface area contributed by atoms with Gasteiger partial charge < -0.3 is 9.47 Å². The van der Waals surface area contributed by atoms with Crippen molar-refractivity contribution in [2.24, 2.45) is 17.3 Å². The van der Waals surface area contributed by atoms with E-state index in [-0.39, 0.29) is 41.4 Å². The minimum atomic E-state index is -0.281. The van der Waals surface area contributed by atoms with Crippen molar-refractivity contribution in [1.29, 1.82) is 0 Å². The van der Waals surface area contributed by atoms with Gasteiger partial charge in [-0.05, 0) is 25.7 Å². The molecule has 0 aromatic carbocycles. The second kappa shape index (κ2) is 4.72. The van der Waals surface area contributed by atoms with Gasteiger partial charge in [-0.15, -0.1) is 0 Å². The first-order valence-electron chi connectivity index (χ1n) is 7.59. The van der Waals surface area contributed by atoms with Gasteiger partial charge in [0.05, 0.1) is 0 Å². The Morgan fingerprint density at radius 3 is 2.76 bits per heavy atom. The Bertz CT molecular complexity index is 535. The van der Waals surface area contributed by atoms with E-state index in [1.54, 1.807) is 0 Å². The van der Waals surface area contributed by atoms with Crippen LogP contribution in [0.3, 0.4) is 0 Å². The standard InChI is InChI=1S/C17H22O4/c1-9-5-6-13(20-11(3)18)17(4)8-7-12-10(2)16(19)21-15(12)14(9)17/h12-15H,1-2,5-8H2,3-4H3. The van der Waals surface area contributed by atoms with Gasteiger partial charge in [0.25, 0.3) is 0 Å². The number of hydrogen-bond donors (Lipinski definition) is 0. The van der Waals surface area contributed by atoms with Crippen LogP contribution in [-0.2, 0) is 19.1 Å². The van der Waals surface area contributed by atoms with Crippen molar-refractivity contribution in [1.82, 2.24) is 0 Å². The average molecular weight is 290 g/mol. The smallest absolute Gasteiger partial charge is 0.334 e. The molecule has 2 aliphatic carbocycles. The van der Waals surface area contributed by atoms with Crippen LogP contribution in [0.2, 0.25) is 0 Å². The van der Waals surface area contributed by atoms with E-state index in [0.29, 0.717) is 5.57 Å². The van der Waals surface area contributed by atoms with Crippen LogP contribution in [0.5, 0.6) is 0 Å². The average Bonchev–Trinajstić information content (AvgIpc) is 2.68. The van der Waals surface area contributed by atoms with Crippen LogP contribution in [0.1, 0.15) is 39.5 Å². The Hall–Kier alpha value is -1.58. The minimum Gasteiger partial charge on any atom is -0.462 e. The van der Waals surface area contributed by atoms with E-state index < -0.39 is 0 Å². The van der Waals surface area contributed by atoms with Gasteiger partial charge in [0.15, 0.2) is 0 Å². The summed E-state index contributed by atoms with van der Waals surface area (Å²) in [6, 6.07) is 0. The van der Waals surface area contributed by atoms with E-state index in [1.807, 2.05) is 0 Å². The van der Waals surface area contributed by atoms with Crippen LogP contribution in [-0.4, -0.2) is 24.1 Å². The van der Waals surface area contributed by atoms with Crippen LogP contribution >= 0.6 is 0 Å². The van der Waals surface area contributed by atoms with Crippen LogP contribution in [0, 0.1) is 17.3 Å². The molecule has 0 amide bonds. The summed E-state index contributed by atoms with van der Waals surface area (Å²) in [5.74, 6) is -0.389. The number of rotatable bonds is 1. The molecule has 3 fully saturated rings. The Labute approximate surface area is 125 Å². The molecule has 5 unspecified atom stereocenters. The fourth-order valence-corrected chi connectivity index (χ4v) is 4.52. The third-order valence-corrected chi connectivity index (χ3v) is 5.59. The molecule has 4 heteroatoms. The van der Waals surface area contributed by atoms with Crippen LogP contribution in [0.25, 0.3) is 0 Å². The SMILES string of the molecule is C=C1C(=O)OC2C1CCC1(C)C(OC(C)=O)CCC(=C)C21. The van der Waals surface area contributed by atoms with Gasteiger partial charge in [-0.3, -0.25) is 4.79 Å². The van der Waals surface area contributed by atoms with Crippen molar-refractivity contribution >= 4 is 11.9 Å². The molecule has 0 aromatic rings. The molecule has 0 spiro atoms. The van der Waals surface area contributed by atoms with Gasteiger partial charge in [-0.1, -0.05) is 25.7 Å². The molecule has 21 heavy (non-hydrogen) atoms. The monoisotopic (exact) mass is 290 g/mol. The third kappa shape index (κ3) is 2.03. The Kier molecular flexibility index (Phi) is 3.23. The molecular formula is C17H22O4. The largest absolute Gasteiger partial charge is 0.462 e. The van der Waals surface area contributed by atoms with E-state index in [9.17, 15) is 9.59 Å². The van der Waals surface area contributed by atoms with Gasteiger partial charge in [0, 0.05) is 29.7 Å². The molecule has 1 heterocycles. The zero-order chi connectivity index (χ0) is 15.4. The second-order valence-electron chi connectivity index (χ2n) is 6.82. The third-order valence-electron chi connectivity index (χ3n) is 5.59. The molecule has 0 aromatic heterocycles. The topological polar surface area (TPSA) is 52.6 Å². The number of fused-ring (bicyclic) bond motifs is 3. The lowest BCUT2D eigenvalue weighted by Crippen LogP contribution is -2.54. The Balaban J connectivity index is 1.95. The predicted octanol–water partition coefficient (Wildman–Crippen LogP) is 2.78. The molecule has 0 bridgehead atoms. The molecule has 114 valence electrons. The number of ether oxygens (including phenoxy) is 2. The highest BCUT2D eigenvalue weighted by Crippen LogP contribution is 2.57. The number of esters is 2. The number of hydrogen-bond acceptors (Lipinski definition) is 4. The maximum Gasteiger partial charge on any atom is 0.334 e. The van der Waals surface area contributed by atoms with Crippen molar-refractivity contribution < 1.29 is 19.1 Å². The zero-order valence-corrected chi connectivity index (χ0v) is 12.7. The van der Waals surface area contributed by atoms with Gasteiger partial charge in [-0.2, -0.15) is 0 Å². The summed E-state index contributed by atoms with van der Waals surface area (Å²) in [4.78, 5) is 23.2. The van der Waals surface area contributed by atoms with Crippen molar-refractivity contribution in [3.8, 4) is 0 Å². The molecule has 5 atom stereocenters. The summed E-state index contributed by atoms with van der Waals surface area (Å²) in [6.07, 6.45) is 3.05. The summed E-state index contributed by atoms with van der Waals surface area (Å²) in [7, 11) is 0. The molecule has 4 nitrogen and oxygen atoms in total. The number of carbonyl (C=O) groups excluding carboxylic acids is 2. The van der Waals surface area contributed by atoms with Crippen LogP contribution < -0.4 is 0 Å². The number of carbonyl (C=O) groups is 2. The van der Waals surface area contributed by atoms with Crippen molar-refractivity contribution in [3.05, 3.63) is 24.3 Å². The minimum absolute atomic E-state index is 0.0533. The molecule has 3 rings (SSSR count).